The molecule has 2 aliphatic rings. The monoisotopic (exact) mass is 350 g/mol. The summed E-state index contributed by atoms with van der Waals surface area (Å²) < 4.78 is 0. The van der Waals surface area contributed by atoms with Gasteiger partial charge < -0.3 is 9.80 Å². The third kappa shape index (κ3) is 3.11. The first-order chi connectivity index (χ1) is 10.9. The molecule has 124 valence electrons. The first kappa shape index (κ1) is 16.7. The Morgan fingerprint density at radius 2 is 2.13 bits per heavy atom. The Balaban J connectivity index is 1.68. The van der Waals surface area contributed by atoms with Crippen LogP contribution in [-0.2, 0) is 16.1 Å². The predicted molar refractivity (Wildman–Crippen MR) is 95.4 cm³/mol. The molecule has 2 atom stereocenters. The number of benzene rings is 1. The zero-order valence-corrected chi connectivity index (χ0v) is 15.4. The van der Waals surface area contributed by atoms with E-state index in [1.165, 1.54) is 4.90 Å². The fourth-order valence-corrected chi connectivity index (χ4v) is 5.17. The first-order valence-electron chi connectivity index (χ1n) is 7.78. The van der Waals surface area contributed by atoms with Crippen LogP contribution in [0.4, 0.5) is 0 Å². The maximum atomic E-state index is 12.8. The van der Waals surface area contributed by atoms with E-state index in [1.807, 2.05) is 18.2 Å². The summed E-state index contributed by atoms with van der Waals surface area (Å²) in [6, 6.07) is 7.96. The molecule has 0 aromatic heterocycles. The molecule has 0 N–H and O–H groups in total. The van der Waals surface area contributed by atoms with E-state index in [0.29, 0.717) is 18.7 Å². The Hall–Kier alpha value is -1.14. The molecule has 2 aliphatic heterocycles. The summed E-state index contributed by atoms with van der Waals surface area (Å²) in [6.07, 6.45) is 3.46. The molecule has 6 heteroatoms. The summed E-state index contributed by atoms with van der Waals surface area (Å²) in [6.45, 7) is 2.66. The molecule has 2 heterocycles. The van der Waals surface area contributed by atoms with Gasteiger partial charge in [-0.3, -0.25) is 9.59 Å². The minimum absolute atomic E-state index is 0.0467. The standard InChI is InChI=1S/C17H22N2O2S2/c1-17-9-8-15(20)19(17)14(11-23-17)16(21)18(2)10-12-4-6-13(22-3)7-5-12/h4-7,14H,8-11H2,1-3H3. The van der Waals surface area contributed by atoms with E-state index in [9.17, 15) is 9.59 Å². The highest BCUT2D eigenvalue weighted by Gasteiger charge is 2.53. The topological polar surface area (TPSA) is 40.6 Å². The Labute approximate surface area is 146 Å². The van der Waals surface area contributed by atoms with E-state index >= 15 is 0 Å². The number of rotatable bonds is 4. The molecule has 2 amide bonds. The molecule has 0 aliphatic carbocycles. The van der Waals surface area contributed by atoms with Gasteiger partial charge in [0.25, 0.3) is 0 Å². The fraction of sp³-hybridized carbons (Fsp3) is 0.529. The van der Waals surface area contributed by atoms with Gasteiger partial charge in [0.15, 0.2) is 0 Å². The summed E-state index contributed by atoms with van der Waals surface area (Å²) in [5.74, 6) is 0.871. The van der Waals surface area contributed by atoms with E-state index in [0.717, 1.165) is 12.0 Å². The molecule has 4 nitrogen and oxygen atoms in total. The average Bonchev–Trinajstić information content (AvgIpc) is 3.04. The van der Waals surface area contributed by atoms with E-state index < -0.39 is 0 Å². The van der Waals surface area contributed by atoms with Crippen LogP contribution < -0.4 is 0 Å². The lowest BCUT2D eigenvalue weighted by molar-refractivity contribution is -0.143. The normalized spacial score (nSPS) is 26.5. The number of likely N-dealkylation sites (N-methyl/N-ethyl adjacent to an activating group) is 1. The third-order valence-electron chi connectivity index (χ3n) is 4.68. The summed E-state index contributed by atoms with van der Waals surface area (Å²) in [5, 5.41) is 0. The second-order valence-corrected chi connectivity index (χ2v) is 8.69. The largest absolute Gasteiger partial charge is 0.340 e. The number of nitrogens with zero attached hydrogens (tertiary/aromatic N) is 2. The predicted octanol–water partition coefficient (Wildman–Crippen LogP) is 2.82. The van der Waals surface area contributed by atoms with Gasteiger partial charge in [0.1, 0.15) is 6.04 Å². The molecule has 2 fully saturated rings. The van der Waals surface area contributed by atoms with Crippen molar-refractivity contribution >= 4 is 35.3 Å². The molecule has 0 saturated carbocycles. The lowest BCUT2D eigenvalue weighted by atomic mass is 10.1. The second-order valence-electron chi connectivity index (χ2n) is 6.31. The summed E-state index contributed by atoms with van der Waals surface area (Å²) >= 11 is 3.44. The molecular formula is C17H22N2O2S2. The van der Waals surface area contributed by atoms with Crippen LogP contribution in [0.25, 0.3) is 0 Å². The van der Waals surface area contributed by atoms with Gasteiger partial charge in [0.2, 0.25) is 11.8 Å². The molecule has 1 aromatic carbocycles. The Morgan fingerprint density at radius 3 is 2.78 bits per heavy atom. The second kappa shape index (κ2) is 6.40. The van der Waals surface area contributed by atoms with Gasteiger partial charge in [-0.05, 0) is 37.3 Å². The highest BCUT2D eigenvalue weighted by atomic mass is 32.2. The molecule has 1 aromatic rings. The van der Waals surface area contributed by atoms with Crippen LogP contribution in [0.3, 0.4) is 0 Å². The quantitative estimate of drug-likeness (QED) is 0.783. The zero-order chi connectivity index (χ0) is 16.6. The lowest BCUT2D eigenvalue weighted by Crippen LogP contribution is -2.50. The molecule has 0 radical (unpaired) electrons. The minimum Gasteiger partial charge on any atom is -0.340 e. The van der Waals surface area contributed by atoms with Crippen molar-refractivity contribution in [2.75, 3.05) is 19.1 Å². The Morgan fingerprint density at radius 1 is 1.43 bits per heavy atom. The molecule has 2 unspecified atom stereocenters. The number of amides is 2. The number of hydrogen-bond acceptors (Lipinski definition) is 4. The van der Waals surface area contributed by atoms with Gasteiger partial charge in [-0.2, -0.15) is 0 Å². The summed E-state index contributed by atoms with van der Waals surface area (Å²) in [7, 11) is 1.83. The Kier molecular flexibility index (Phi) is 4.65. The molecule has 23 heavy (non-hydrogen) atoms. The van der Waals surface area contributed by atoms with Crippen molar-refractivity contribution in [2.45, 2.75) is 42.1 Å². The lowest BCUT2D eigenvalue weighted by Gasteiger charge is -2.32. The van der Waals surface area contributed by atoms with Gasteiger partial charge in [-0.25, -0.2) is 0 Å². The Bertz CT molecular complexity index is 620. The number of thioether (sulfide) groups is 2. The van der Waals surface area contributed by atoms with E-state index in [-0.39, 0.29) is 22.7 Å². The number of carbonyl (C=O) groups is 2. The van der Waals surface area contributed by atoms with Gasteiger partial charge in [0, 0.05) is 30.7 Å². The fourth-order valence-electron chi connectivity index (χ4n) is 3.34. The number of hydrogen-bond donors (Lipinski definition) is 0. The van der Waals surface area contributed by atoms with Crippen LogP contribution in [-0.4, -0.2) is 51.6 Å². The smallest absolute Gasteiger partial charge is 0.246 e. The van der Waals surface area contributed by atoms with Crippen LogP contribution in [0.1, 0.15) is 25.3 Å². The average molecular weight is 351 g/mol. The molecule has 0 spiro atoms. The molecule has 0 bridgehead atoms. The SMILES string of the molecule is CSc1ccc(CN(C)C(=O)C2CSC3(C)CCC(=O)N23)cc1. The summed E-state index contributed by atoms with van der Waals surface area (Å²) in [5.41, 5.74) is 1.11. The van der Waals surface area contributed by atoms with Gasteiger partial charge >= 0.3 is 0 Å². The van der Waals surface area contributed by atoms with Crippen LogP contribution >= 0.6 is 23.5 Å². The number of carbonyl (C=O) groups excluding carboxylic acids is 2. The zero-order valence-electron chi connectivity index (χ0n) is 13.7. The van der Waals surface area contributed by atoms with E-state index in [2.05, 4.69) is 31.2 Å². The van der Waals surface area contributed by atoms with Crippen molar-refractivity contribution in [3.63, 3.8) is 0 Å². The molecule has 3 rings (SSSR count). The first-order valence-corrected chi connectivity index (χ1v) is 10.00. The maximum absolute atomic E-state index is 12.8. The molecular weight excluding hydrogens is 328 g/mol. The van der Waals surface area contributed by atoms with Crippen molar-refractivity contribution in [3.8, 4) is 0 Å². The highest BCUT2D eigenvalue weighted by molar-refractivity contribution is 8.01. The van der Waals surface area contributed by atoms with Gasteiger partial charge in [0.05, 0.1) is 4.87 Å². The van der Waals surface area contributed by atoms with Crippen molar-refractivity contribution in [1.82, 2.24) is 9.80 Å². The number of fused-ring (bicyclic) bond motifs is 1. The van der Waals surface area contributed by atoms with Crippen molar-refractivity contribution in [2.24, 2.45) is 0 Å². The molecule has 2 saturated heterocycles. The van der Waals surface area contributed by atoms with E-state index in [1.54, 1.807) is 28.4 Å². The van der Waals surface area contributed by atoms with Gasteiger partial charge in [-0.15, -0.1) is 23.5 Å². The van der Waals surface area contributed by atoms with Crippen LogP contribution in [0.15, 0.2) is 29.2 Å². The van der Waals surface area contributed by atoms with Crippen LogP contribution in [0.5, 0.6) is 0 Å². The van der Waals surface area contributed by atoms with Crippen molar-refractivity contribution < 1.29 is 9.59 Å². The minimum atomic E-state index is -0.310. The highest BCUT2D eigenvalue weighted by Crippen LogP contribution is 2.47. The summed E-state index contributed by atoms with van der Waals surface area (Å²) in [4.78, 5) is 29.6. The van der Waals surface area contributed by atoms with Crippen molar-refractivity contribution in [1.29, 1.82) is 0 Å². The maximum Gasteiger partial charge on any atom is 0.246 e. The van der Waals surface area contributed by atoms with Crippen LogP contribution in [0.2, 0.25) is 0 Å². The van der Waals surface area contributed by atoms with E-state index in [4.69, 9.17) is 0 Å². The van der Waals surface area contributed by atoms with Crippen molar-refractivity contribution in [3.05, 3.63) is 29.8 Å². The van der Waals surface area contributed by atoms with Gasteiger partial charge in [-0.1, -0.05) is 12.1 Å². The van der Waals surface area contributed by atoms with Crippen LogP contribution in [0, 0.1) is 0 Å². The third-order valence-corrected chi connectivity index (χ3v) is 6.93.